The van der Waals surface area contributed by atoms with Gasteiger partial charge in [-0.05, 0) is 24.3 Å². The highest BCUT2D eigenvalue weighted by atomic mass is 16.5. The standard InChI is InChI=1S/C20H23NO3/c1-11(2)9-20-16-14-8-13(17(22)18(14)24-20)15(16)19(23)21(20)10-12-6-4-3-5-7-12/h3-7,11,13-16,18H,8-10H2,1-2H3. The van der Waals surface area contributed by atoms with Crippen LogP contribution in [0.4, 0.5) is 0 Å². The summed E-state index contributed by atoms with van der Waals surface area (Å²) in [4.78, 5) is 27.8. The Morgan fingerprint density at radius 2 is 2.00 bits per heavy atom. The largest absolute Gasteiger partial charge is 0.344 e. The molecule has 6 atom stereocenters. The predicted octanol–water partition coefficient (Wildman–Crippen LogP) is 2.62. The third kappa shape index (κ3) is 1.62. The van der Waals surface area contributed by atoms with E-state index in [9.17, 15) is 9.59 Å². The Hall–Kier alpha value is -1.68. The molecule has 0 N–H and O–H groups in total. The Morgan fingerprint density at radius 1 is 1.25 bits per heavy atom. The van der Waals surface area contributed by atoms with E-state index < -0.39 is 5.72 Å². The maximum absolute atomic E-state index is 13.2. The van der Waals surface area contributed by atoms with Gasteiger partial charge in [0.2, 0.25) is 5.91 Å². The van der Waals surface area contributed by atoms with Gasteiger partial charge in [0.05, 0.1) is 5.92 Å². The molecule has 5 rings (SSSR count). The molecule has 126 valence electrons. The van der Waals surface area contributed by atoms with E-state index in [2.05, 4.69) is 26.0 Å². The number of hydrogen-bond donors (Lipinski definition) is 0. The maximum atomic E-state index is 13.2. The van der Waals surface area contributed by atoms with Crippen LogP contribution in [0.25, 0.3) is 0 Å². The molecule has 4 nitrogen and oxygen atoms in total. The van der Waals surface area contributed by atoms with E-state index in [0.717, 1.165) is 18.4 Å². The lowest BCUT2D eigenvalue weighted by molar-refractivity contribution is -0.177. The van der Waals surface area contributed by atoms with Gasteiger partial charge in [-0.1, -0.05) is 44.2 Å². The Bertz CT molecular complexity index is 715. The summed E-state index contributed by atoms with van der Waals surface area (Å²) in [5.74, 6) is 1.00. The minimum atomic E-state index is -0.567. The summed E-state index contributed by atoms with van der Waals surface area (Å²) >= 11 is 0. The molecule has 24 heavy (non-hydrogen) atoms. The van der Waals surface area contributed by atoms with Crippen molar-refractivity contribution in [1.29, 1.82) is 0 Å². The number of Topliss-reactive ketones (excluding diaryl/α,β-unsaturated/α-hetero) is 1. The molecule has 2 bridgehead atoms. The number of hydrogen-bond acceptors (Lipinski definition) is 3. The molecular weight excluding hydrogens is 302 g/mol. The van der Waals surface area contributed by atoms with Crippen molar-refractivity contribution < 1.29 is 14.3 Å². The lowest BCUT2D eigenvalue weighted by Gasteiger charge is -2.39. The number of rotatable bonds is 4. The van der Waals surface area contributed by atoms with Crippen LogP contribution in [0, 0.1) is 29.6 Å². The van der Waals surface area contributed by atoms with Crippen molar-refractivity contribution in [3.05, 3.63) is 35.9 Å². The molecule has 1 aromatic carbocycles. The summed E-state index contributed by atoms with van der Waals surface area (Å²) in [5, 5.41) is 0. The lowest BCUT2D eigenvalue weighted by atomic mass is 9.76. The summed E-state index contributed by atoms with van der Waals surface area (Å²) in [7, 11) is 0. The van der Waals surface area contributed by atoms with Crippen molar-refractivity contribution in [3.63, 3.8) is 0 Å². The number of likely N-dealkylation sites (tertiary alicyclic amines) is 1. The Balaban J connectivity index is 1.58. The SMILES string of the molecule is CC(C)CC12OC3C(=O)C4CC3C1C4C(=O)N2Cc1ccccc1. The molecule has 2 heterocycles. The molecule has 0 aromatic heterocycles. The number of benzene rings is 1. The second-order valence-corrected chi connectivity index (χ2v) is 8.35. The highest BCUT2D eigenvalue weighted by Crippen LogP contribution is 2.67. The van der Waals surface area contributed by atoms with Crippen molar-refractivity contribution in [2.45, 2.75) is 45.1 Å². The van der Waals surface area contributed by atoms with Crippen LogP contribution in [0.5, 0.6) is 0 Å². The first kappa shape index (κ1) is 14.6. The minimum absolute atomic E-state index is 0.0905. The van der Waals surface area contributed by atoms with Crippen molar-refractivity contribution in [2.24, 2.45) is 29.6 Å². The summed E-state index contributed by atoms with van der Waals surface area (Å²) < 4.78 is 6.45. The van der Waals surface area contributed by atoms with Crippen LogP contribution in [0.1, 0.15) is 32.3 Å². The first-order valence-electron chi connectivity index (χ1n) is 9.10. The minimum Gasteiger partial charge on any atom is -0.344 e. The number of carbonyl (C=O) groups is 2. The molecule has 4 fully saturated rings. The molecule has 1 amide bonds. The zero-order valence-electron chi connectivity index (χ0n) is 14.1. The quantitative estimate of drug-likeness (QED) is 0.855. The smallest absolute Gasteiger partial charge is 0.229 e. The first-order valence-corrected chi connectivity index (χ1v) is 9.10. The van der Waals surface area contributed by atoms with Crippen LogP contribution >= 0.6 is 0 Å². The van der Waals surface area contributed by atoms with Crippen LogP contribution in [0.3, 0.4) is 0 Å². The van der Waals surface area contributed by atoms with E-state index in [0.29, 0.717) is 12.5 Å². The van der Waals surface area contributed by atoms with Crippen molar-refractivity contribution in [3.8, 4) is 0 Å². The van der Waals surface area contributed by atoms with E-state index >= 15 is 0 Å². The molecular formula is C20H23NO3. The van der Waals surface area contributed by atoms with Gasteiger partial charge in [0.1, 0.15) is 11.8 Å². The molecule has 2 saturated carbocycles. The predicted molar refractivity (Wildman–Crippen MR) is 87.6 cm³/mol. The molecule has 1 aromatic rings. The second-order valence-electron chi connectivity index (χ2n) is 8.35. The number of ketones is 1. The average Bonchev–Trinajstić information content (AvgIpc) is 3.20. The zero-order valence-corrected chi connectivity index (χ0v) is 14.1. The van der Waals surface area contributed by atoms with Gasteiger partial charge >= 0.3 is 0 Å². The van der Waals surface area contributed by atoms with Crippen LogP contribution in [-0.4, -0.2) is 28.4 Å². The third-order valence-electron chi connectivity index (χ3n) is 6.59. The highest BCUT2D eigenvalue weighted by Gasteiger charge is 2.78. The summed E-state index contributed by atoms with van der Waals surface area (Å²) in [6.45, 7) is 4.93. The number of amides is 1. The van der Waals surface area contributed by atoms with E-state index in [-0.39, 0.29) is 41.5 Å². The van der Waals surface area contributed by atoms with Crippen molar-refractivity contribution >= 4 is 11.7 Å². The molecule has 2 saturated heterocycles. The molecule has 4 heteroatoms. The van der Waals surface area contributed by atoms with Crippen LogP contribution < -0.4 is 0 Å². The Labute approximate surface area is 142 Å². The molecule has 2 aliphatic carbocycles. The van der Waals surface area contributed by atoms with Crippen LogP contribution in [-0.2, 0) is 20.9 Å². The highest BCUT2D eigenvalue weighted by molar-refractivity contribution is 5.98. The molecule has 4 aliphatic rings. The van der Waals surface area contributed by atoms with Crippen LogP contribution in [0.2, 0.25) is 0 Å². The fraction of sp³-hybridized carbons (Fsp3) is 0.600. The first-order chi connectivity index (χ1) is 11.5. The van der Waals surface area contributed by atoms with Gasteiger partial charge < -0.3 is 9.64 Å². The molecule has 6 unspecified atom stereocenters. The van der Waals surface area contributed by atoms with Gasteiger partial charge in [-0.3, -0.25) is 9.59 Å². The monoisotopic (exact) mass is 325 g/mol. The normalized spacial score (nSPS) is 42.0. The van der Waals surface area contributed by atoms with Gasteiger partial charge in [0, 0.05) is 24.3 Å². The Morgan fingerprint density at radius 3 is 2.71 bits per heavy atom. The molecule has 2 aliphatic heterocycles. The third-order valence-corrected chi connectivity index (χ3v) is 6.59. The van der Waals surface area contributed by atoms with Gasteiger partial charge in [-0.2, -0.15) is 0 Å². The van der Waals surface area contributed by atoms with Gasteiger partial charge in [0.15, 0.2) is 5.78 Å². The number of nitrogens with zero attached hydrogens (tertiary/aromatic N) is 1. The van der Waals surface area contributed by atoms with Gasteiger partial charge in [0.25, 0.3) is 0 Å². The summed E-state index contributed by atoms with van der Waals surface area (Å²) in [6.07, 6.45) is 1.42. The summed E-state index contributed by atoms with van der Waals surface area (Å²) in [5.41, 5.74) is 0.558. The number of ether oxygens (including phenoxy) is 1. The fourth-order valence-electron chi connectivity index (χ4n) is 5.98. The molecule has 0 radical (unpaired) electrons. The van der Waals surface area contributed by atoms with Gasteiger partial charge in [-0.15, -0.1) is 0 Å². The zero-order chi connectivity index (χ0) is 16.6. The second kappa shape index (κ2) is 4.69. The van der Waals surface area contributed by atoms with Crippen molar-refractivity contribution in [2.75, 3.05) is 0 Å². The van der Waals surface area contributed by atoms with Crippen molar-refractivity contribution in [1.82, 2.24) is 4.90 Å². The average molecular weight is 325 g/mol. The van der Waals surface area contributed by atoms with E-state index in [1.807, 2.05) is 23.1 Å². The van der Waals surface area contributed by atoms with Gasteiger partial charge in [-0.25, -0.2) is 0 Å². The van der Waals surface area contributed by atoms with E-state index in [1.54, 1.807) is 0 Å². The number of fused-ring (bicyclic) bond motifs is 2. The van der Waals surface area contributed by atoms with E-state index in [1.165, 1.54) is 0 Å². The van der Waals surface area contributed by atoms with E-state index in [4.69, 9.17) is 4.74 Å². The topological polar surface area (TPSA) is 46.6 Å². The Kier molecular flexibility index (Phi) is 2.86. The molecule has 0 spiro atoms. The van der Waals surface area contributed by atoms with Crippen LogP contribution in [0.15, 0.2) is 30.3 Å². The maximum Gasteiger partial charge on any atom is 0.229 e. The number of carbonyl (C=O) groups excluding carboxylic acids is 2. The lowest BCUT2D eigenvalue weighted by Crippen LogP contribution is -2.50. The summed E-state index contributed by atoms with van der Waals surface area (Å²) in [6, 6.07) is 10.1. The fourth-order valence-corrected chi connectivity index (χ4v) is 5.98.